The summed E-state index contributed by atoms with van der Waals surface area (Å²) in [7, 11) is 0. The number of hydrogen-bond donors (Lipinski definition) is 0. The lowest BCUT2D eigenvalue weighted by Gasteiger charge is -2.07. The maximum Gasteiger partial charge on any atom is 0.310 e. The van der Waals surface area contributed by atoms with E-state index in [0.717, 1.165) is 0 Å². The van der Waals surface area contributed by atoms with Gasteiger partial charge in [0.25, 0.3) is 0 Å². The minimum Gasteiger partial charge on any atom is -0.466 e. The number of nitrogens with zero attached hydrogens (tertiary/aromatic N) is 1. The number of halogens is 1. The van der Waals surface area contributed by atoms with Crippen molar-refractivity contribution in [3.8, 4) is 6.07 Å². The van der Waals surface area contributed by atoms with Crippen LogP contribution in [-0.4, -0.2) is 12.6 Å². The number of aryl methyl sites for hydroxylation is 1. The van der Waals surface area contributed by atoms with Crippen molar-refractivity contribution in [2.45, 2.75) is 26.7 Å². The van der Waals surface area contributed by atoms with E-state index >= 15 is 0 Å². The van der Waals surface area contributed by atoms with E-state index in [-0.39, 0.29) is 18.0 Å². The number of rotatable bonds is 4. The Balaban J connectivity index is 3.02. The highest BCUT2D eigenvalue weighted by Gasteiger charge is 2.12. The van der Waals surface area contributed by atoms with Crippen LogP contribution >= 0.6 is 0 Å². The molecule has 90 valence electrons. The molecule has 0 saturated carbocycles. The third-order valence-corrected chi connectivity index (χ3v) is 2.36. The molecule has 4 heteroatoms. The zero-order chi connectivity index (χ0) is 12.8. The van der Waals surface area contributed by atoms with Gasteiger partial charge in [0.1, 0.15) is 11.9 Å². The van der Waals surface area contributed by atoms with Crippen LogP contribution in [0.4, 0.5) is 4.39 Å². The molecule has 0 N–H and O–H groups in total. The highest BCUT2D eigenvalue weighted by molar-refractivity contribution is 5.72. The number of carbonyl (C=O) groups excluding carboxylic acids is 1. The molecule has 3 nitrogen and oxygen atoms in total. The second kappa shape index (κ2) is 6.00. The molecule has 17 heavy (non-hydrogen) atoms. The van der Waals surface area contributed by atoms with Gasteiger partial charge in [0.05, 0.1) is 18.6 Å². The Hall–Kier alpha value is -1.89. The molecule has 0 heterocycles. The molecule has 0 bridgehead atoms. The largest absolute Gasteiger partial charge is 0.466 e. The van der Waals surface area contributed by atoms with Gasteiger partial charge in [0.15, 0.2) is 0 Å². The Kier molecular flexibility index (Phi) is 4.65. The van der Waals surface area contributed by atoms with Gasteiger partial charge >= 0.3 is 5.97 Å². The Morgan fingerprint density at radius 2 is 2.18 bits per heavy atom. The van der Waals surface area contributed by atoms with E-state index in [1.807, 2.05) is 0 Å². The zero-order valence-corrected chi connectivity index (χ0v) is 9.92. The first-order valence-electron chi connectivity index (χ1n) is 5.49. The minimum absolute atomic E-state index is 0.0244. The lowest BCUT2D eigenvalue weighted by atomic mass is 10.0. The SMILES string of the molecule is CCOC(=O)Cc1cc(C#N)c(F)c(CC)c1. The maximum atomic E-state index is 13.6. The van der Waals surface area contributed by atoms with Gasteiger partial charge in [-0.1, -0.05) is 13.0 Å². The Labute approximate surface area is 99.8 Å². The first kappa shape index (κ1) is 13.2. The number of nitriles is 1. The van der Waals surface area contributed by atoms with E-state index in [2.05, 4.69) is 0 Å². The fourth-order valence-electron chi connectivity index (χ4n) is 1.57. The van der Waals surface area contributed by atoms with Crippen LogP contribution in [0.2, 0.25) is 0 Å². The third kappa shape index (κ3) is 3.28. The summed E-state index contributed by atoms with van der Waals surface area (Å²) < 4.78 is 18.4. The van der Waals surface area contributed by atoms with Crippen molar-refractivity contribution in [3.05, 3.63) is 34.6 Å². The standard InChI is InChI=1S/C13H14FNO2/c1-3-10-5-9(7-12(16)17-4-2)6-11(8-15)13(10)14/h5-6H,3-4,7H2,1-2H3. The molecule has 0 aliphatic heterocycles. The van der Waals surface area contributed by atoms with Gasteiger partial charge in [0.2, 0.25) is 0 Å². The summed E-state index contributed by atoms with van der Waals surface area (Å²) in [5.41, 5.74) is 1.03. The second-order valence-electron chi connectivity index (χ2n) is 3.56. The highest BCUT2D eigenvalue weighted by atomic mass is 19.1. The van der Waals surface area contributed by atoms with Gasteiger partial charge in [-0.05, 0) is 30.5 Å². The Morgan fingerprint density at radius 3 is 2.71 bits per heavy atom. The fraction of sp³-hybridized carbons (Fsp3) is 0.385. The molecular weight excluding hydrogens is 221 g/mol. The average Bonchev–Trinajstić information content (AvgIpc) is 2.31. The predicted octanol–water partition coefficient (Wildman–Crippen LogP) is 2.37. The van der Waals surface area contributed by atoms with Crippen LogP contribution in [0, 0.1) is 17.1 Å². The molecule has 0 amide bonds. The summed E-state index contributed by atoms with van der Waals surface area (Å²) in [6.45, 7) is 3.83. The summed E-state index contributed by atoms with van der Waals surface area (Å²) in [6, 6.07) is 4.79. The molecule has 1 rings (SSSR count). The van der Waals surface area contributed by atoms with Crippen molar-refractivity contribution in [2.24, 2.45) is 0 Å². The van der Waals surface area contributed by atoms with Gasteiger partial charge in [0, 0.05) is 0 Å². The predicted molar refractivity (Wildman–Crippen MR) is 60.8 cm³/mol. The molecule has 1 aromatic rings. The summed E-state index contributed by atoms with van der Waals surface area (Å²) in [5, 5.41) is 8.79. The summed E-state index contributed by atoms with van der Waals surface area (Å²) in [6.07, 6.45) is 0.549. The molecule has 0 atom stereocenters. The number of esters is 1. The van der Waals surface area contributed by atoms with Crippen molar-refractivity contribution >= 4 is 5.97 Å². The first-order chi connectivity index (χ1) is 8.12. The molecule has 0 saturated heterocycles. The van der Waals surface area contributed by atoms with Crippen molar-refractivity contribution in [1.82, 2.24) is 0 Å². The lowest BCUT2D eigenvalue weighted by molar-refractivity contribution is -0.142. The molecule has 0 radical (unpaired) electrons. The van der Waals surface area contributed by atoms with Gasteiger partial charge in [-0.25, -0.2) is 4.39 Å². The Bertz CT molecular complexity index is 463. The van der Waals surface area contributed by atoms with Gasteiger partial charge < -0.3 is 4.74 Å². The maximum absolute atomic E-state index is 13.6. The second-order valence-corrected chi connectivity index (χ2v) is 3.56. The van der Waals surface area contributed by atoms with E-state index in [1.165, 1.54) is 6.07 Å². The quantitative estimate of drug-likeness (QED) is 0.753. The average molecular weight is 235 g/mol. The van der Waals surface area contributed by atoms with Crippen molar-refractivity contribution in [3.63, 3.8) is 0 Å². The van der Waals surface area contributed by atoms with Crippen LogP contribution in [0.3, 0.4) is 0 Å². The summed E-state index contributed by atoms with van der Waals surface area (Å²) in [4.78, 5) is 11.3. The summed E-state index contributed by atoms with van der Waals surface area (Å²) in [5.74, 6) is -0.868. The van der Waals surface area contributed by atoms with Crippen LogP contribution in [0.25, 0.3) is 0 Å². The first-order valence-corrected chi connectivity index (χ1v) is 5.49. The van der Waals surface area contributed by atoms with Crippen LogP contribution in [-0.2, 0) is 22.4 Å². The van der Waals surface area contributed by atoms with Crippen LogP contribution in [0.1, 0.15) is 30.5 Å². The van der Waals surface area contributed by atoms with Gasteiger partial charge in [-0.3, -0.25) is 4.79 Å². The number of benzene rings is 1. The van der Waals surface area contributed by atoms with E-state index in [9.17, 15) is 9.18 Å². The van der Waals surface area contributed by atoms with Crippen LogP contribution in [0.15, 0.2) is 12.1 Å². The van der Waals surface area contributed by atoms with Crippen molar-refractivity contribution in [1.29, 1.82) is 5.26 Å². The van der Waals surface area contributed by atoms with Crippen molar-refractivity contribution < 1.29 is 13.9 Å². The van der Waals surface area contributed by atoms with E-state index in [1.54, 1.807) is 26.0 Å². The van der Waals surface area contributed by atoms with E-state index < -0.39 is 5.82 Å². The minimum atomic E-state index is -0.498. The smallest absolute Gasteiger partial charge is 0.310 e. The normalized spacial score (nSPS) is 9.76. The van der Waals surface area contributed by atoms with E-state index in [4.69, 9.17) is 10.00 Å². The monoisotopic (exact) mass is 235 g/mol. The topological polar surface area (TPSA) is 50.1 Å². The Morgan fingerprint density at radius 1 is 1.47 bits per heavy atom. The molecule has 0 spiro atoms. The molecule has 0 aromatic heterocycles. The molecule has 0 fully saturated rings. The van der Waals surface area contributed by atoms with Gasteiger partial charge in [-0.2, -0.15) is 5.26 Å². The number of ether oxygens (including phenoxy) is 1. The molecule has 0 aliphatic rings. The van der Waals surface area contributed by atoms with Crippen LogP contribution < -0.4 is 0 Å². The fourth-order valence-corrected chi connectivity index (χ4v) is 1.57. The van der Waals surface area contributed by atoms with Crippen LogP contribution in [0.5, 0.6) is 0 Å². The highest BCUT2D eigenvalue weighted by Crippen LogP contribution is 2.17. The number of hydrogen-bond acceptors (Lipinski definition) is 3. The van der Waals surface area contributed by atoms with E-state index in [0.29, 0.717) is 24.2 Å². The lowest BCUT2D eigenvalue weighted by Crippen LogP contribution is -2.08. The number of carbonyl (C=O) groups is 1. The molecular formula is C13H14FNO2. The van der Waals surface area contributed by atoms with Gasteiger partial charge in [-0.15, -0.1) is 0 Å². The molecule has 1 aromatic carbocycles. The zero-order valence-electron chi connectivity index (χ0n) is 9.92. The summed E-state index contributed by atoms with van der Waals surface area (Å²) >= 11 is 0. The third-order valence-electron chi connectivity index (χ3n) is 2.36. The molecule has 0 unspecified atom stereocenters. The van der Waals surface area contributed by atoms with Crippen molar-refractivity contribution in [2.75, 3.05) is 6.61 Å². The molecule has 0 aliphatic carbocycles.